The molecule has 120 valence electrons. The molecule has 2 N–H and O–H groups in total. The summed E-state index contributed by atoms with van der Waals surface area (Å²) in [6.07, 6.45) is 2.23. The second kappa shape index (κ2) is 8.99. The number of hydrogen-bond donors (Lipinski definition) is 2. The van der Waals surface area contributed by atoms with Crippen LogP contribution >= 0.6 is 11.6 Å². The Balaban J connectivity index is 2.32. The summed E-state index contributed by atoms with van der Waals surface area (Å²) in [5.41, 5.74) is 0.0540. The molecule has 0 bridgehead atoms. The van der Waals surface area contributed by atoms with E-state index in [1.54, 1.807) is 0 Å². The molecule has 1 aromatic rings. The standard InChI is InChI=1S/C14H18ClN3O4/c1-9(2)5-7-17-14(21)18-11(19)8-22-13(20)10-4-3-6-16-12(10)15/h3-4,6,9H,5,7-8H2,1-2H3,(H2,17,18,19,21). The van der Waals surface area contributed by atoms with Crippen molar-refractivity contribution in [3.63, 3.8) is 0 Å². The predicted molar refractivity (Wildman–Crippen MR) is 80.5 cm³/mol. The summed E-state index contributed by atoms with van der Waals surface area (Å²) in [4.78, 5) is 38.3. The van der Waals surface area contributed by atoms with E-state index in [0.717, 1.165) is 6.42 Å². The Bertz CT molecular complexity index is 549. The van der Waals surface area contributed by atoms with Crippen LogP contribution in [0.1, 0.15) is 30.6 Å². The predicted octanol–water partition coefficient (Wildman–Crippen LogP) is 1.76. The molecule has 22 heavy (non-hydrogen) atoms. The lowest BCUT2D eigenvalue weighted by Gasteiger charge is -2.08. The number of hydrogen-bond acceptors (Lipinski definition) is 5. The van der Waals surface area contributed by atoms with Crippen molar-refractivity contribution in [3.8, 4) is 0 Å². The van der Waals surface area contributed by atoms with E-state index in [0.29, 0.717) is 12.5 Å². The molecular formula is C14H18ClN3O4. The van der Waals surface area contributed by atoms with Crippen LogP contribution in [0.2, 0.25) is 5.15 Å². The monoisotopic (exact) mass is 327 g/mol. The third-order valence-corrected chi connectivity index (χ3v) is 2.87. The van der Waals surface area contributed by atoms with Crippen molar-refractivity contribution in [1.29, 1.82) is 0 Å². The Morgan fingerprint density at radius 2 is 2.09 bits per heavy atom. The van der Waals surface area contributed by atoms with Crippen molar-refractivity contribution < 1.29 is 19.1 Å². The van der Waals surface area contributed by atoms with Crippen molar-refractivity contribution in [1.82, 2.24) is 15.6 Å². The first kappa shape index (κ1) is 17.9. The second-order valence-corrected chi connectivity index (χ2v) is 5.26. The number of urea groups is 1. The van der Waals surface area contributed by atoms with Gasteiger partial charge in [-0.25, -0.2) is 14.6 Å². The highest BCUT2D eigenvalue weighted by atomic mass is 35.5. The van der Waals surface area contributed by atoms with Gasteiger partial charge in [0.2, 0.25) is 0 Å². The number of carbonyl (C=O) groups is 3. The molecule has 8 heteroatoms. The van der Waals surface area contributed by atoms with Gasteiger partial charge < -0.3 is 10.1 Å². The first-order valence-electron chi connectivity index (χ1n) is 6.75. The Labute approximate surface area is 133 Å². The van der Waals surface area contributed by atoms with E-state index >= 15 is 0 Å². The van der Waals surface area contributed by atoms with Crippen LogP contribution in [0.15, 0.2) is 18.3 Å². The van der Waals surface area contributed by atoms with Gasteiger partial charge in [0.1, 0.15) is 5.15 Å². The molecule has 1 aromatic heterocycles. The minimum Gasteiger partial charge on any atom is -0.452 e. The number of halogens is 1. The molecule has 7 nitrogen and oxygen atoms in total. The fourth-order valence-electron chi connectivity index (χ4n) is 1.43. The number of rotatable bonds is 6. The molecule has 0 unspecified atom stereocenters. The molecule has 3 amide bonds. The van der Waals surface area contributed by atoms with Crippen molar-refractivity contribution >= 4 is 29.5 Å². The van der Waals surface area contributed by atoms with Gasteiger partial charge in [0.05, 0.1) is 5.56 Å². The Hall–Kier alpha value is -2.15. The molecule has 0 spiro atoms. The first-order valence-corrected chi connectivity index (χ1v) is 7.13. The Morgan fingerprint density at radius 3 is 2.73 bits per heavy atom. The zero-order valence-electron chi connectivity index (χ0n) is 12.4. The van der Waals surface area contributed by atoms with Gasteiger partial charge >= 0.3 is 12.0 Å². The highest BCUT2D eigenvalue weighted by Gasteiger charge is 2.15. The average molecular weight is 328 g/mol. The molecular weight excluding hydrogens is 310 g/mol. The van der Waals surface area contributed by atoms with Crippen molar-refractivity contribution in [2.24, 2.45) is 5.92 Å². The summed E-state index contributed by atoms with van der Waals surface area (Å²) in [6, 6.07) is 2.32. The van der Waals surface area contributed by atoms with Gasteiger partial charge in [0.25, 0.3) is 5.91 Å². The third kappa shape index (κ3) is 6.53. The van der Waals surface area contributed by atoms with Crippen LogP contribution in [0.4, 0.5) is 4.79 Å². The van der Waals surface area contributed by atoms with Crippen LogP contribution in [-0.4, -0.2) is 36.0 Å². The number of nitrogens with one attached hydrogen (secondary N) is 2. The molecule has 1 rings (SSSR count). The second-order valence-electron chi connectivity index (χ2n) is 4.90. The molecule has 0 fully saturated rings. The number of amides is 3. The number of nitrogens with zero attached hydrogens (tertiary/aromatic N) is 1. The fraction of sp³-hybridized carbons (Fsp3) is 0.429. The van der Waals surface area contributed by atoms with Crippen LogP contribution in [-0.2, 0) is 9.53 Å². The number of pyridine rings is 1. The van der Waals surface area contributed by atoms with Crippen LogP contribution < -0.4 is 10.6 Å². The Kier molecular flexibility index (Phi) is 7.31. The van der Waals surface area contributed by atoms with E-state index < -0.39 is 24.5 Å². The lowest BCUT2D eigenvalue weighted by atomic mass is 10.1. The topological polar surface area (TPSA) is 97.4 Å². The highest BCUT2D eigenvalue weighted by Crippen LogP contribution is 2.12. The quantitative estimate of drug-likeness (QED) is 0.613. The van der Waals surface area contributed by atoms with Gasteiger partial charge in [-0.05, 0) is 24.5 Å². The number of esters is 1. The van der Waals surface area contributed by atoms with E-state index in [2.05, 4.69) is 15.6 Å². The summed E-state index contributed by atoms with van der Waals surface area (Å²) >= 11 is 5.72. The summed E-state index contributed by atoms with van der Waals surface area (Å²) in [5.74, 6) is -1.06. The van der Waals surface area contributed by atoms with Crippen molar-refractivity contribution in [2.75, 3.05) is 13.2 Å². The zero-order chi connectivity index (χ0) is 16.5. The largest absolute Gasteiger partial charge is 0.452 e. The maximum absolute atomic E-state index is 11.7. The zero-order valence-corrected chi connectivity index (χ0v) is 13.1. The van der Waals surface area contributed by atoms with E-state index in [-0.39, 0.29) is 10.7 Å². The summed E-state index contributed by atoms with van der Waals surface area (Å²) < 4.78 is 4.76. The van der Waals surface area contributed by atoms with Gasteiger partial charge in [-0.15, -0.1) is 0 Å². The summed E-state index contributed by atoms with van der Waals surface area (Å²) in [7, 11) is 0. The molecule has 0 atom stereocenters. The van der Waals surface area contributed by atoms with Crippen LogP contribution in [0, 0.1) is 5.92 Å². The fourth-order valence-corrected chi connectivity index (χ4v) is 1.62. The maximum atomic E-state index is 11.7. The summed E-state index contributed by atoms with van der Waals surface area (Å²) in [5, 5.41) is 4.58. The summed E-state index contributed by atoms with van der Waals surface area (Å²) in [6.45, 7) is 3.92. The number of imide groups is 1. The van der Waals surface area contributed by atoms with Crippen LogP contribution in [0.5, 0.6) is 0 Å². The third-order valence-electron chi connectivity index (χ3n) is 2.57. The van der Waals surface area contributed by atoms with Gasteiger partial charge in [-0.1, -0.05) is 25.4 Å². The van der Waals surface area contributed by atoms with Crippen LogP contribution in [0.3, 0.4) is 0 Å². The van der Waals surface area contributed by atoms with E-state index in [1.807, 2.05) is 13.8 Å². The SMILES string of the molecule is CC(C)CCNC(=O)NC(=O)COC(=O)c1cccnc1Cl. The molecule has 0 radical (unpaired) electrons. The number of carbonyl (C=O) groups excluding carboxylic acids is 3. The number of ether oxygens (including phenoxy) is 1. The van der Waals surface area contributed by atoms with Gasteiger partial charge in [0.15, 0.2) is 6.61 Å². The van der Waals surface area contributed by atoms with Gasteiger partial charge in [0, 0.05) is 12.7 Å². The minimum atomic E-state index is -0.784. The van der Waals surface area contributed by atoms with Crippen molar-refractivity contribution in [3.05, 3.63) is 29.0 Å². The molecule has 0 aliphatic rings. The molecule has 0 saturated carbocycles. The van der Waals surface area contributed by atoms with Gasteiger partial charge in [-0.3, -0.25) is 10.1 Å². The average Bonchev–Trinajstić information content (AvgIpc) is 2.44. The van der Waals surface area contributed by atoms with E-state index in [4.69, 9.17) is 16.3 Å². The van der Waals surface area contributed by atoms with E-state index in [9.17, 15) is 14.4 Å². The lowest BCUT2D eigenvalue weighted by Crippen LogP contribution is -2.42. The molecule has 0 aromatic carbocycles. The first-order chi connectivity index (χ1) is 10.4. The smallest absolute Gasteiger partial charge is 0.341 e. The molecule has 1 heterocycles. The van der Waals surface area contributed by atoms with Gasteiger partial charge in [-0.2, -0.15) is 0 Å². The molecule has 0 aliphatic carbocycles. The molecule has 0 saturated heterocycles. The number of aromatic nitrogens is 1. The highest BCUT2D eigenvalue weighted by molar-refractivity contribution is 6.32. The van der Waals surface area contributed by atoms with Crippen LogP contribution in [0.25, 0.3) is 0 Å². The minimum absolute atomic E-state index is 0.0145. The Morgan fingerprint density at radius 1 is 1.36 bits per heavy atom. The lowest BCUT2D eigenvalue weighted by molar-refractivity contribution is -0.123. The van der Waals surface area contributed by atoms with E-state index in [1.165, 1.54) is 18.3 Å². The molecule has 0 aliphatic heterocycles. The maximum Gasteiger partial charge on any atom is 0.341 e. The normalized spacial score (nSPS) is 10.2. The van der Waals surface area contributed by atoms with Crippen molar-refractivity contribution in [2.45, 2.75) is 20.3 Å².